The molecule has 0 aromatic rings. The van der Waals surface area contributed by atoms with Crippen LogP contribution in [0.3, 0.4) is 0 Å². The normalized spacial score (nSPS) is 29.0. The summed E-state index contributed by atoms with van der Waals surface area (Å²) in [5.41, 5.74) is 0. The minimum absolute atomic E-state index is 0.140. The Labute approximate surface area is 94.5 Å². The zero-order valence-electron chi connectivity index (χ0n) is 10.3. The lowest BCUT2D eigenvalue weighted by Gasteiger charge is -2.29. The minimum Gasteiger partial charge on any atom is -0.392 e. The molecule has 1 aliphatic rings. The Morgan fingerprint density at radius 3 is 2.40 bits per heavy atom. The number of aliphatic hydroxyl groups excluding tert-OH is 1. The summed E-state index contributed by atoms with van der Waals surface area (Å²) in [4.78, 5) is 0. The molecule has 2 heteroatoms. The predicted octanol–water partition coefficient (Wildman–Crippen LogP) is 2.71. The first-order valence-corrected chi connectivity index (χ1v) is 6.67. The van der Waals surface area contributed by atoms with E-state index in [1.54, 1.807) is 0 Å². The van der Waals surface area contributed by atoms with Gasteiger partial charge in [0.2, 0.25) is 0 Å². The fourth-order valence-corrected chi connectivity index (χ4v) is 2.51. The van der Waals surface area contributed by atoms with E-state index in [1.165, 1.54) is 32.1 Å². The Bertz CT molecular complexity index is 153. The van der Waals surface area contributed by atoms with Gasteiger partial charge >= 0.3 is 0 Å². The van der Waals surface area contributed by atoms with Crippen molar-refractivity contribution in [2.75, 3.05) is 6.54 Å². The van der Waals surface area contributed by atoms with Crippen LogP contribution in [0.2, 0.25) is 0 Å². The zero-order chi connectivity index (χ0) is 11.1. The smallest absolute Gasteiger partial charge is 0.0664 e. The highest BCUT2D eigenvalue weighted by atomic mass is 16.3. The summed E-state index contributed by atoms with van der Waals surface area (Å²) in [6.45, 7) is 5.20. The summed E-state index contributed by atoms with van der Waals surface area (Å²) in [7, 11) is 0. The van der Waals surface area contributed by atoms with E-state index in [-0.39, 0.29) is 6.10 Å². The van der Waals surface area contributed by atoms with Crippen molar-refractivity contribution >= 4 is 0 Å². The van der Waals surface area contributed by atoms with E-state index >= 15 is 0 Å². The molecular weight excluding hydrogens is 186 g/mol. The summed E-state index contributed by atoms with van der Waals surface area (Å²) in [5.74, 6) is 0.962. The average molecular weight is 213 g/mol. The molecule has 0 aliphatic heterocycles. The molecule has 1 unspecified atom stereocenters. The first-order valence-electron chi connectivity index (χ1n) is 6.67. The fraction of sp³-hybridized carbons (Fsp3) is 1.00. The largest absolute Gasteiger partial charge is 0.392 e. The van der Waals surface area contributed by atoms with E-state index in [1.807, 2.05) is 0 Å². The van der Waals surface area contributed by atoms with E-state index < -0.39 is 0 Å². The van der Waals surface area contributed by atoms with Crippen molar-refractivity contribution in [3.63, 3.8) is 0 Å². The SMILES string of the molecule is CCCC(O)CNC1CCC(CC)CC1. The first kappa shape index (κ1) is 13.0. The molecule has 1 atom stereocenters. The molecule has 0 heterocycles. The number of hydrogen-bond donors (Lipinski definition) is 2. The van der Waals surface area contributed by atoms with Crippen molar-refractivity contribution in [2.24, 2.45) is 5.92 Å². The quantitative estimate of drug-likeness (QED) is 0.711. The molecule has 0 spiro atoms. The van der Waals surface area contributed by atoms with Gasteiger partial charge in [0.1, 0.15) is 0 Å². The van der Waals surface area contributed by atoms with Crippen LogP contribution in [0.5, 0.6) is 0 Å². The Balaban J connectivity index is 2.08. The average Bonchev–Trinajstić information content (AvgIpc) is 2.27. The van der Waals surface area contributed by atoms with Crippen LogP contribution in [0.1, 0.15) is 58.8 Å². The van der Waals surface area contributed by atoms with Crippen molar-refractivity contribution < 1.29 is 5.11 Å². The van der Waals surface area contributed by atoms with E-state index in [4.69, 9.17) is 0 Å². The third-order valence-electron chi connectivity index (χ3n) is 3.69. The van der Waals surface area contributed by atoms with Crippen molar-refractivity contribution in [1.29, 1.82) is 0 Å². The third-order valence-corrected chi connectivity index (χ3v) is 3.69. The van der Waals surface area contributed by atoms with E-state index in [0.717, 1.165) is 25.3 Å². The van der Waals surface area contributed by atoms with Gasteiger partial charge < -0.3 is 10.4 Å². The van der Waals surface area contributed by atoms with Crippen LogP contribution in [0.4, 0.5) is 0 Å². The highest BCUT2D eigenvalue weighted by molar-refractivity contribution is 4.77. The summed E-state index contributed by atoms with van der Waals surface area (Å²) in [5, 5.41) is 13.1. The Kier molecular flexibility index (Phi) is 6.26. The second kappa shape index (κ2) is 7.24. The van der Waals surface area contributed by atoms with Gasteiger partial charge in [-0.2, -0.15) is 0 Å². The van der Waals surface area contributed by atoms with Crippen molar-refractivity contribution in [3.8, 4) is 0 Å². The summed E-state index contributed by atoms with van der Waals surface area (Å²) >= 11 is 0. The molecule has 0 bridgehead atoms. The van der Waals surface area contributed by atoms with Crippen LogP contribution in [0, 0.1) is 5.92 Å². The monoisotopic (exact) mass is 213 g/mol. The maximum absolute atomic E-state index is 9.62. The minimum atomic E-state index is -0.140. The van der Waals surface area contributed by atoms with Gasteiger partial charge in [0.25, 0.3) is 0 Å². The molecule has 2 nitrogen and oxygen atoms in total. The summed E-state index contributed by atoms with van der Waals surface area (Å²) in [6, 6.07) is 0.666. The van der Waals surface area contributed by atoms with Crippen LogP contribution >= 0.6 is 0 Å². The molecule has 1 aliphatic carbocycles. The maximum atomic E-state index is 9.62. The second-order valence-corrected chi connectivity index (χ2v) is 4.98. The molecule has 1 fully saturated rings. The molecule has 2 N–H and O–H groups in total. The van der Waals surface area contributed by atoms with Gasteiger partial charge in [-0.1, -0.05) is 26.7 Å². The molecule has 90 valence electrons. The summed E-state index contributed by atoms with van der Waals surface area (Å²) in [6.07, 6.45) is 8.55. The van der Waals surface area contributed by atoms with Crippen molar-refractivity contribution in [1.82, 2.24) is 5.32 Å². The molecule has 0 amide bonds. The molecule has 0 radical (unpaired) electrons. The molecule has 15 heavy (non-hydrogen) atoms. The number of hydrogen-bond acceptors (Lipinski definition) is 2. The van der Waals surface area contributed by atoms with Crippen molar-refractivity contribution in [2.45, 2.75) is 70.9 Å². The summed E-state index contributed by atoms with van der Waals surface area (Å²) < 4.78 is 0. The topological polar surface area (TPSA) is 32.3 Å². The Morgan fingerprint density at radius 1 is 1.20 bits per heavy atom. The number of rotatable bonds is 6. The van der Waals surface area contributed by atoms with Gasteiger partial charge in [-0.25, -0.2) is 0 Å². The first-order chi connectivity index (χ1) is 7.26. The molecule has 0 aromatic heterocycles. The van der Waals surface area contributed by atoms with E-state index in [9.17, 15) is 5.11 Å². The van der Waals surface area contributed by atoms with Gasteiger partial charge in [0, 0.05) is 12.6 Å². The van der Waals surface area contributed by atoms with E-state index in [0.29, 0.717) is 6.04 Å². The number of nitrogens with one attached hydrogen (secondary N) is 1. The predicted molar refractivity (Wildman–Crippen MR) is 65.0 cm³/mol. The fourth-order valence-electron chi connectivity index (χ4n) is 2.51. The van der Waals surface area contributed by atoms with Crippen LogP contribution < -0.4 is 5.32 Å². The highest BCUT2D eigenvalue weighted by Crippen LogP contribution is 2.26. The van der Waals surface area contributed by atoms with Crippen molar-refractivity contribution in [3.05, 3.63) is 0 Å². The highest BCUT2D eigenvalue weighted by Gasteiger charge is 2.19. The van der Waals surface area contributed by atoms with Gasteiger partial charge in [-0.05, 0) is 38.0 Å². The standard InChI is InChI=1S/C13H27NO/c1-3-5-13(15)10-14-12-8-6-11(4-2)7-9-12/h11-15H,3-10H2,1-2H3. The van der Waals surface area contributed by atoms with Gasteiger partial charge in [0.15, 0.2) is 0 Å². The van der Waals surface area contributed by atoms with Crippen LogP contribution in [-0.2, 0) is 0 Å². The lowest BCUT2D eigenvalue weighted by molar-refractivity contribution is 0.150. The second-order valence-electron chi connectivity index (χ2n) is 4.98. The lowest BCUT2D eigenvalue weighted by atomic mass is 9.84. The lowest BCUT2D eigenvalue weighted by Crippen LogP contribution is -2.38. The Hall–Kier alpha value is -0.0800. The maximum Gasteiger partial charge on any atom is 0.0664 e. The van der Waals surface area contributed by atoms with E-state index in [2.05, 4.69) is 19.2 Å². The number of aliphatic hydroxyl groups is 1. The van der Waals surface area contributed by atoms with Gasteiger partial charge in [-0.3, -0.25) is 0 Å². The Morgan fingerprint density at radius 2 is 1.87 bits per heavy atom. The van der Waals surface area contributed by atoms with Crippen LogP contribution in [0.15, 0.2) is 0 Å². The van der Waals surface area contributed by atoms with Gasteiger partial charge in [0.05, 0.1) is 6.10 Å². The van der Waals surface area contributed by atoms with Crippen LogP contribution in [-0.4, -0.2) is 23.8 Å². The zero-order valence-corrected chi connectivity index (χ0v) is 10.3. The molecule has 0 aromatic carbocycles. The molecule has 1 saturated carbocycles. The molecule has 0 saturated heterocycles. The van der Waals surface area contributed by atoms with Gasteiger partial charge in [-0.15, -0.1) is 0 Å². The third kappa shape index (κ3) is 4.98. The molecule has 1 rings (SSSR count). The molecular formula is C13H27NO. The van der Waals surface area contributed by atoms with Crippen LogP contribution in [0.25, 0.3) is 0 Å².